The Hall–Kier alpha value is -2.90. The number of aromatic nitrogens is 1. The van der Waals surface area contributed by atoms with Gasteiger partial charge in [-0.25, -0.2) is 14.8 Å². The Morgan fingerprint density at radius 2 is 2.03 bits per heavy atom. The molecule has 0 bridgehead atoms. The van der Waals surface area contributed by atoms with Crippen molar-refractivity contribution >= 4 is 24.0 Å². The van der Waals surface area contributed by atoms with E-state index in [4.69, 9.17) is 9.72 Å². The summed E-state index contributed by atoms with van der Waals surface area (Å²) in [6.45, 7) is 7.89. The third-order valence-electron chi connectivity index (χ3n) is 5.89. The molecular formula is C23H31N5O3. The van der Waals surface area contributed by atoms with Crippen molar-refractivity contribution in [3.05, 3.63) is 35.3 Å². The smallest absolute Gasteiger partial charge is 0.415 e. The van der Waals surface area contributed by atoms with E-state index in [2.05, 4.69) is 22.9 Å². The zero-order valence-corrected chi connectivity index (χ0v) is 18.4. The van der Waals surface area contributed by atoms with Crippen LogP contribution in [0.3, 0.4) is 0 Å². The molecule has 0 radical (unpaired) electrons. The maximum absolute atomic E-state index is 12.7. The van der Waals surface area contributed by atoms with E-state index in [1.807, 2.05) is 24.1 Å². The fourth-order valence-electron chi connectivity index (χ4n) is 4.07. The van der Waals surface area contributed by atoms with Crippen LogP contribution in [0.25, 0.3) is 0 Å². The topological polar surface area (TPSA) is 78.3 Å². The number of carbonyl (C=O) groups is 2. The molecule has 0 spiro atoms. The molecule has 0 unspecified atom stereocenters. The lowest BCUT2D eigenvalue weighted by molar-refractivity contribution is -0.130. The molecule has 1 aromatic rings. The average molecular weight is 426 g/mol. The number of aryl methyl sites for hydroxylation is 1. The van der Waals surface area contributed by atoms with Crippen molar-refractivity contribution in [2.45, 2.75) is 45.4 Å². The van der Waals surface area contributed by atoms with Crippen LogP contribution in [0, 0.1) is 6.92 Å². The van der Waals surface area contributed by atoms with Gasteiger partial charge in [-0.15, -0.1) is 0 Å². The van der Waals surface area contributed by atoms with Crippen LogP contribution in [-0.2, 0) is 9.53 Å². The second kappa shape index (κ2) is 9.49. The molecule has 0 atom stereocenters. The fourth-order valence-corrected chi connectivity index (χ4v) is 4.07. The van der Waals surface area contributed by atoms with E-state index in [1.54, 1.807) is 6.21 Å². The first-order chi connectivity index (χ1) is 15.1. The molecule has 8 nitrogen and oxygen atoms in total. The summed E-state index contributed by atoms with van der Waals surface area (Å²) < 4.78 is 4.98. The predicted octanol–water partition coefficient (Wildman–Crippen LogP) is 3.08. The third kappa shape index (κ3) is 5.06. The van der Waals surface area contributed by atoms with Crippen LogP contribution in [-0.4, -0.2) is 72.3 Å². The molecule has 0 N–H and O–H groups in total. The van der Waals surface area contributed by atoms with Gasteiger partial charge in [0.15, 0.2) is 0 Å². The van der Waals surface area contributed by atoms with Crippen molar-refractivity contribution in [1.29, 1.82) is 0 Å². The van der Waals surface area contributed by atoms with Crippen LogP contribution in [0.4, 0.5) is 10.6 Å². The van der Waals surface area contributed by atoms with Crippen LogP contribution in [0.1, 0.15) is 49.7 Å². The molecule has 166 valence electrons. The van der Waals surface area contributed by atoms with Crippen molar-refractivity contribution in [2.75, 3.05) is 44.2 Å². The number of piperazine rings is 1. The molecule has 3 fully saturated rings. The largest absolute Gasteiger partial charge is 0.447 e. The molecule has 3 heterocycles. The molecule has 2 aliphatic heterocycles. The molecule has 31 heavy (non-hydrogen) atoms. The molecular weight excluding hydrogens is 394 g/mol. The van der Waals surface area contributed by atoms with Crippen molar-refractivity contribution < 1.29 is 14.3 Å². The van der Waals surface area contributed by atoms with Crippen molar-refractivity contribution in [3.63, 3.8) is 0 Å². The second-order valence-corrected chi connectivity index (χ2v) is 8.32. The highest BCUT2D eigenvalue weighted by atomic mass is 16.6. The van der Waals surface area contributed by atoms with Gasteiger partial charge in [0, 0.05) is 38.6 Å². The Kier molecular flexibility index (Phi) is 6.53. The number of amides is 2. The molecule has 4 rings (SSSR count). The van der Waals surface area contributed by atoms with Crippen molar-refractivity contribution in [1.82, 2.24) is 14.8 Å². The Morgan fingerprint density at radius 1 is 1.26 bits per heavy atom. The third-order valence-corrected chi connectivity index (χ3v) is 5.89. The number of ether oxygens (including phenoxy) is 1. The number of carbonyl (C=O) groups excluding carboxylic acids is 2. The Labute approximate surface area is 183 Å². The molecule has 8 heteroatoms. The highest BCUT2D eigenvalue weighted by Crippen LogP contribution is 2.44. The number of aliphatic imine (C=N–C) groups is 1. The van der Waals surface area contributed by atoms with Gasteiger partial charge in [0.1, 0.15) is 18.2 Å². The quantitative estimate of drug-likeness (QED) is 0.628. The van der Waals surface area contributed by atoms with Gasteiger partial charge in [0.05, 0.1) is 13.0 Å². The van der Waals surface area contributed by atoms with Gasteiger partial charge in [-0.3, -0.25) is 9.69 Å². The molecule has 3 aliphatic rings. The number of anilines is 1. The van der Waals surface area contributed by atoms with Gasteiger partial charge in [0.25, 0.3) is 0 Å². The van der Waals surface area contributed by atoms with Crippen LogP contribution >= 0.6 is 0 Å². The van der Waals surface area contributed by atoms with Crippen molar-refractivity contribution in [3.8, 4) is 0 Å². The maximum atomic E-state index is 12.7. The first kappa shape index (κ1) is 21.3. The van der Waals surface area contributed by atoms with E-state index in [0.29, 0.717) is 38.0 Å². The molecule has 1 saturated carbocycles. The van der Waals surface area contributed by atoms with Gasteiger partial charge >= 0.3 is 6.09 Å². The van der Waals surface area contributed by atoms with Crippen LogP contribution < -0.4 is 4.90 Å². The molecule has 2 amide bonds. The number of rotatable bonds is 7. The highest BCUT2D eigenvalue weighted by molar-refractivity contribution is 5.90. The van der Waals surface area contributed by atoms with Crippen LogP contribution in [0.2, 0.25) is 0 Å². The number of nitrogens with zero attached hydrogens (tertiary/aromatic N) is 5. The van der Waals surface area contributed by atoms with E-state index in [-0.39, 0.29) is 18.4 Å². The van der Waals surface area contributed by atoms with E-state index in [1.165, 1.54) is 28.9 Å². The number of allylic oxidation sites excluding steroid dienone is 1. The average Bonchev–Trinajstić information content (AvgIpc) is 3.54. The monoisotopic (exact) mass is 425 g/mol. The fraction of sp³-hybridized carbons (Fsp3) is 0.565. The zero-order valence-electron chi connectivity index (χ0n) is 18.4. The Morgan fingerprint density at radius 3 is 2.68 bits per heavy atom. The lowest BCUT2D eigenvalue weighted by Gasteiger charge is -2.36. The Bertz CT molecular complexity index is 885. The summed E-state index contributed by atoms with van der Waals surface area (Å²) in [7, 11) is 0. The number of cyclic esters (lactones) is 1. The van der Waals surface area contributed by atoms with Gasteiger partial charge in [0.2, 0.25) is 5.91 Å². The van der Waals surface area contributed by atoms with Gasteiger partial charge < -0.3 is 14.5 Å². The van der Waals surface area contributed by atoms with E-state index >= 15 is 0 Å². The summed E-state index contributed by atoms with van der Waals surface area (Å²) in [5, 5.41) is 0. The highest BCUT2D eigenvalue weighted by Gasteiger charge is 2.30. The number of hydrogen-bond donors (Lipinski definition) is 0. The zero-order chi connectivity index (χ0) is 21.8. The van der Waals surface area contributed by atoms with E-state index in [9.17, 15) is 9.59 Å². The SMILES string of the molecule is CC/C=C(\N=C/CC(=O)N1CCN(c2ncc(C)cc2C2CC2)CC1)N1CCOC1=O. The second-order valence-electron chi connectivity index (χ2n) is 8.32. The summed E-state index contributed by atoms with van der Waals surface area (Å²) in [5.41, 5.74) is 2.57. The minimum atomic E-state index is -0.380. The first-order valence-electron chi connectivity index (χ1n) is 11.2. The molecule has 2 saturated heterocycles. The summed E-state index contributed by atoms with van der Waals surface area (Å²) in [5.74, 6) is 2.35. The Balaban J connectivity index is 1.31. The summed E-state index contributed by atoms with van der Waals surface area (Å²) >= 11 is 0. The molecule has 0 aromatic carbocycles. The van der Waals surface area contributed by atoms with Gasteiger partial charge in [-0.2, -0.15) is 0 Å². The minimum Gasteiger partial charge on any atom is -0.447 e. The van der Waals surface area contributed by atoms with E-state index < -0.39 is 0 Å². The molecule has 1 aliphatic carbocycles. The summed E-state index contributed by atoms with van der Waals surface area (Å²) in [4.78, 5) is 39.3. The summed E-state index contributed by atoms with van der Waals surface area (Å²) in [6, 6.07) is 2.27. The summed E-state index contributed by atoms with van der Waals surface area (Å²) in [6.07, 6.45) is 8.51. The lowest BCUT2D eigenvalue weighted by Crippen LogP contribution is -2.49. The van der Waals surface area contributed by atoms with Crippen molar-refractivity contribution in [2.24, 2.45) is 4.99 Å². The van der Waals surface area contributed by atoms with E-state index in [0.717, 1.165) is 25.3 Å². The minimum absolute atomic E-state index is 0.0579. The van der Waals surface area contributed by atoms with Crippen LogP contribution in [0.15, 0.2) is 29.2 Å². The number of hydrogen-bond acceptors (Lipinski definition) is 6. The first-order valence-corrected chi connectivity index (χ1v) is 11.2. The normalized spacial score (nSPS) is 20.0. The molecule has 1 aromatic heterocycles. The lowest BCUT2D eigenvalue weighted by atomic mass is 10.1. The number of pyridine rings is 1. The standard InChI is InChI=1S/C23H31N5O3/c1-3-4-20(28-13-14-31-23(28)30)24-8-7-21(29)26-9-11-27(12-10-26)22-19(18-5-6-18)15-17(2)16-25-22/h4,8,15-16,18H,3,5-7,9-14H2,1-2H3/b20-4+,24-8-. The predicted molar refractivity (Wildman–Crippen MR) is 119 cm³/mol. The van der Waals surface area contributed by atoms with Crippen LogP contribution in [0.5, 0.6) is 0 Å². The van der Waals surface area contributed by atoms with Gasteiger partial charge in [-0.05, 0) is 49.3 Å². The van der Waals surface area contributed by atoms with Gasteiger partial charge in [-0.1, -0.05) is 13.0 Å². The maximum Gasteiger partial charge on any atom is 0.415 e.